The van der Waals surface area contributed by atoms with Crippen molar-refractivity contribution in [2.24, 2.45) is 0 Å². The van der Waals surface area contributed by atoms with Crippen LogP contribution in [0.5, 0.6) is 0 Å². The van der Waals surface area contributed by atoms with E-state index in [1.54, 1.807) is 4.90 Å². The molecule has 1 fully saturated rings. The highest BCUT2D eigenvalue weighted by atomic mass is 19.4. The molecule has 1 atom stereocenters. The summed E-state index contributed by atoms with van der Waals surface area (Å²) >= 11 is 0. The zero-order valence-electron chi connectivity index (χ0n) is 20.3. The molecule has 0 radical (unpaired) electrons. The van der Waals surface area contributed by atoms with Gasteiger partial charge in [-0.2, -0.15) is 26.3 Å². The molecule has 3 aliphatic rings. The number of carbonyl (C=O) groups excluding carboxylic acids is 3. The molecule has 11 nitrogen and oxygen atoms in total. The lowest BCUT2D eigenvalue weighted by molar-refractivity contribution is -0.138. The summed E-state index contributed by atoms with van der Waals surface area (Å²) in [6.45, 7) is 0.336. The standard InChI is InChI=1S/C22H25F6N7O4/c23-21(24,25)12-7-14-19(30-9-12)35-4-3-34(11-13(35)8-16(36)32-14)17(37)1-5-39-6-2-29-15-10-31-33-20(38)18(15)22(26,27)28/h7,9,13,29,31H,1-6,8,10-11H2,(H,32,36)(H,33,38). The predicted molar refractivity (Wildman–Crippen MR) is 123 cm³/mol. The van der Waals surface area contributed by atoms with Crippen LogP contribution in [0.15, 0.2) is 23.5 Å². The summed E-state index contributed by atoms with van der Waals surface area (Å²) in [5.41, 5.74) is 1.59. The summed E-state index contributed by atoms with van der Waals surface area (Å²) in [5, 5.41) is 4.99. The van der Waals surface area contributed by atoms with Crippen molar-refractivity contribution >= 4 is 29.2 Å². The second-order valence-corrected chi connectivity index (χ2v) is 8.98. The van der Waals surface area contributed by atoms with Crippen LogP contribution in [0.3, 0.4) is 0 Å². The largest absolute Gasteiger partial charge is 0.423 e. The van der Waals surface area contributed by atoms with Gasteiger partial charge in [0.15, 0.2) is 5.82 Å². The van der Waals surface area contributed by atoms with Crippen LogP contribution < -0.4 is 26.4 Å². The molecule has 1 saturated heterocycles. The molecule has 0 saturated carbocycles. The van der Waals surface area contributed by atoms with Gasteiger partial charge in [-0.1, -0.05) is 0 Å². The maximum absolute atomic E-state index is 13.1. The van der Waals surface area contributed by atoms with E-state index >= 15 is 0 Å². The molecule has 1 unspecified atom stereocenters. The lowest BCUT2D eigenvalue weighted by atomic mass is 10.1. The van der Waals surface area contributed by atoms with Gasteiger partial charge in [0.25, 0.3) is 5.91 Å². The monoisotopic (exact) mass is 565 g/mol. The van der Waals surface area contributed by atoms with E-state index in [1.807, 2.05) is 5.43 Å². The van der Waals surface area contributed by atoms with Crippen LogP contribution in [-0.2, 0) is 25.3 Å². The first-order valence-corrected chi connectivity index (χ1v) is 11.9. The van der Waals surface area contributed by atoms with Crippen LogP contribution >= 0.6 is 0 Å². The average molecular weight is 565 g/mol. The number of aromatic nitrogens is 1. The molecular formula is C22H25F6N7O4. The topological polar surface area (TPSA) is 128 Å². The molecule has 214 valence electrons. The van der Waals surface area contributed by atoms with Crippen molar-refractivity contribution < 1.29 is 45.5 Å². The highest BCUT2D eigenvalue weighted by Gasteiger charge is 2.43. The highest BCUT2D eigenvalue weighted by molar-refractivity contribution is 5.96. The lowest BCUT2D eigenvalue weighted by Crippen LogP contribution is -2.55. The molecule has 4 rings (SSSR count). The Morgan fingerprint density at radius 1 is 1.13 bits per heavy atom. The Labute approximate surface area is 217 Å². The van der Waals surface area contributed by atoms with Gasteiger partial charge in [0.05, 0.1) is 43.5 Å². The molecule has 0 bridgehead atoms. The highest BCUT2D eigenvalue weighted by Crippen LogP contribution is 2.36. The van der Waals surface area contributed by atoms with Gasteiger partial charge in [-0.05, 0) is 6.07 Å². The Morgan fingerprint density at radius 3 is 2.62 bits per heavy atom. The van der Waals surface area contributed by atoms with E-state index < -0.39 is 41.3 Å². The van der Waals surface area contributed by atoms with Gasteiger partial charge in [-0.15, -0.1) is 0 Å². The number of pyridine rings is 1. The second kappa shape index (κ2) is 11.3. The molecule has 4 N–H and O–H groups in total. The second-order valence-electron chi connectivity index (χ2n) is 8.98. The van der Waals surface area contributed by atoms with Crippen molar-refractivity contribution in [2.75, 3.05) is 56.2 Å². The molecule has 39 heavy (non-hydrogen) atoms. The number of carbonyl (C=O) groups is 3. The zero-order chi connectivity index (χ0) is 28.4. The number of alkyl halides is 6. The Bertz CT molecular complexity index is 1160. The quantitative estimate of drug-likeness (QED) is 0.284. The third-order valence-corrected chi connectivity index (χ3v) is 6.32. The third-order valence-electron chi connectivity index (χ3n) is 6.32. The minimum atomic E-state index is -4.83. The maximum atomic E-state index is 13.1. The van der Waals surface area contributed by atoms with Crippen LogP contribution in [0.4, 0.5) is 37.8 Å². The number of nitrogens with zero attached hydrogens (tertiary/aromatic N) is 3. The van der Waals surface area contributed by atoms with Crippen molar-refractivity contribution in [3.05, 3.63) is 29.1 Å². The van der Waals surface area contributed by atoms with E-state index in [1.165, 1.54) is 4.90 Å². The Hall–Kier alpha value is -3.60. The van der Waals surface area contributed by atoms with Crippen LogP contribution in [0.2, 0.25) is 0 Å². The number of hydrogen-bond acceptors (Lipinski definition) is 8. The Balaban J connectivity index is 1.26. The predicted octanol–water partition coefficient (Wildman–Crippen LogP) is 0.907. The number of anilines is 2. The number of hydrogen-bond donors (Lipinski definition) is 4. The molecule has 3 aliphatic heterocycles. The normalized spacial score (nSPS) is 20.1. The fourth-order valence-electron chi connectivity index (χ4n) is 4.53. The number of ether oxygens (including phenoxy) is 1. The number of amides is 3. The lowest BCUT2D eigenvalue weighted by Gasteiger charge is -2.41. The van der Waals surface area contributed by atoms with Gasteiger partial charge < -0.3 is 25.2 Å². The van der Waals surface area contributed by atoms with Crippen LogP contribution in [0, 0.1) is 0 Å². The fourth-order valence-corrected chi connectivity index (χ4v) is 4.53. The van der Waals surface area contributed by atoms with E-state index in [4.69, 9.17) is 4.74 Å². The first-order chi connectivity index (χ1) is 18.3. The summed E-state index contributed by atoms with van der Waals surface area (Å²) < 4.78 is 83.8. The van der Waals surface area contributed by atoms with Crippen molar-refractivity contribution in [3.63, 3.8) is 0 Å². The number of nitrogens with one attached hydrogen (secondary N) is 4. The van der Waals surface area contributed by atoms with E-state index in [-0.39, 0.29) is 81.9 Å². The van der Waals surface area contributed by atoms with Crippen LogP contribution in [0.25, 0.3) is 0 Å². The summed E-state index contributed by atoms with van der Waals surface area (Å²) in [5.74, 6) is -1.86. The molecule has 0 spiro atoms. The fraction of sp³-hybridized carbons (Fsp3) is 0.545. The van der Waals surface area contributed by atoms with E-state index in [9.17, 15) is 40.7 Å². The molecule has 0 aromatic carbocycles. The van der Waals surface area contributed by atoms with Crippen molar-refractivity contribution in [1.29, 1.82) is 0 Å². The number of halogens is 6. The summed E-state index contributed by atoms with van der Waals surface area (Å²) in [6.07, 6.45) is -8.81. The Morgan fingerprint density at radius 2 is 1.90 bits per heavy atom. The minimum absolute atomic E-state index is 0.0135. The summed E-state index contributed by atoms with van der Waals surface area (Å²) in [4.78, 5) is 43.7. The SMILES string of the molecule is O=C1CC2CN(C(=O)CCOCCNC3=C(C(F)(F)F)C(=O)NNC3)CCN2c2ncc(C(F)(F)F)cc2N1. The molecule has 1 aromatic rings. The van der Waals surface area contributed by atoms with Crippen molar-refractivity contribution in [1.82, 2.24) is 26.1 Å². The Kier molecular flexibility index (Phi) is 8.20. The van der Waals surface area contributed by atoms with Crippen molar-refractivity contribution in [2.45, 2.75) is 31.2 Å². The first-order valence-electron chi connectivity index (χ1n) is 11.9. The van der Waals surface area contributed by atoms with E-state index in [2.05, 4.69) is 21.0 Å². The molecule has 3 amide bonds. The summed E-state index contributed by atoms with van der Waals surface area (Å²) in [7, 11) is 0. The number of piperazine rings is 1. The van der Waals surface area contributed by atoms with Crippen molar-refractivity contribution in [3.8, 4) is 0 Å². The number of rotatable bonds is 7. The molecule has 0 aliphatic carbocycles. The van der Waals surface area contributed by atoms with Crippen LogP contribution in [0.1, 0.15) is 18.4 Å². The summed E-state index contributed by atoms with van der Waals surface area (Å²) in [6, 6.07) is 0.350. The van der Waals surface area contributed by atoms with Gasteiger partial charge in [0.1, 0.15) is 5.57 Å². The molecule has 4 heterocycles. The van der Waals surface area contributed by atoms with E-state index in [0.29, 0.717) is 6.20 Å². The van der Waals surface area contributed by atoms with Gasteiger partial charge in [0.2, 0.25) is 11.8 Å². The number of fused-ring (bicyclic) bond motifs is 3. The third kappa shape index (κ3) is 6.70. The number of hydrazine groups is 1. The van der Waals surface area contributed by atoms with Gasteiger partial charge in [-0.25, -0.2) is 10.4 Å². The molecule has 17 heteroatoms. The maximum Gasteiger partial charge on any atom is 0.423 e. The van der Waals surface area contributed by atoms with E-state index in [0.717, 1.165) is 6.07 Å². The first kappa shape index (κ1) is 28.4. The van der Waals surface area contributed by atoms with Gasteiger partial charge in [0, 0.05) is 44.5 Å². The molecule has 1 aromatic heterocycles. The minimum Gasteiger partial charge on any atom is -0.384 e. The van der Waals surface area contributed by atoms with Gasteiger partial charge >= 0.3 is 12.4 Å². The molecular weight excluding hydrogens is 540 g/mol. The smallest absolute Gasteiger partial charge is 0.384 e. The van der Waals surface area contributed by atoms with Gasteiger partial charge in [-0.3, -0.25) is 19.8 Å². The zero-order valence-corrected chi connectivity index (χ0v) is 20.3. The van der Waals surface area contributed by atoms with Crippen LogP contribution in [-0.4, -0.2) is 85.8 Å². The average Bonchev–Trinajstić information content (AvgIpc) is 2.98.